The first-order valence-electron chi connectivity index (χ1n) is 15.5. The lowest BCUT2D eigenvalue weighted by atomic mass is 9.57. The predicted molar refractivity (Wildman–Crippen MR) is 156 cm³/mol. The van der Waals surface area contributed by atoms with Crippen molar-refractivity contribution in [2.24, 2.45) is 88.3 Å². The fourth-order valence-electron chi connectivity index (χ4n) is 7.74. The molecule has 0 aromatic carbocycles. The molecule has 0 radical (unpaired) electrons. The van der Waals surface area contributed by atoms with E-state index >= 15 is 0 Å². The first-order valence-corrected chi connectivity index (χ1v) is 15.5. The largest absolute Gasteiger partial charge is 0.0623 e. The van der Waals surface area contributed by atoms with Crippen LogP contribution >= 0.6 is 0 Å². The summed E-state index contributed by atoms with van der Waals surface area (Å²) in [4.78, 5) is 0. The minimum atomic E-state index is 0.349. The average Bonchev–Trinajstić information content (AvgIpc) is 2.81. The molecule has 0 bridgehead atoms. The van der Waals surface area contributed by atoms with E-state index in [1.807, 2.05) is 0 Å². The van der Waals surface area contributed by atoms with Crippen molar-refractivity contribution in [2.75, 3.05) is 0 Å². The topological polar surface area (TPSA) is 0 Å². The lowest BCUT2D eigenvalue weighted by molar-refractivity contribution is 0.00263. The molecule has 1 rings (SSSR count). The second kappa shape index (κ2) is 13.0. The molecule has 1 saturated carbocycles. The molecule has 0 aromatic heterocycles. The molecule has 204 valence electrons. The van der Waals surface area contributed by atoms with Gasteiger partial charge in [-0.05, 0) is 94.7 Å². The van der Waals surface area contributed by atoms with Crippen LogP contribution in [0.3, 0.4) is 0 Å². The normalized spacial score (nSPS) is 50.8. The molecule has 1 aliphatic carbocycles. The highest BCUT2D eigenvalue weighted by atomic mass is 14.5. The molecule has 0 N–H and O–H groups in total. The maximum Gasteiger partial charge on any atom is -0.0298 e. The quantitative estimate of drug-likeness (QED) is 0.326. The van der Waals surface area contributed by atoms with Gasteiger partial charge in [0.15, 0.2) is 0 Å². The molecule has 0 aliphatic heterocycles. The molecule has 14 atom stereocenters. The van der Waals surface area contributed by atoms with Gasteiger partial charge in [0, 0.05) is 0 Å². The Morgan fingerprint density at radius 2 is 0.676 bits per heavy atom. The fourth-order valence-corrected chi connectivity index (χ4v) is 7.74. The summed E-state index contributed by atoms with van der Waals surface area (Å²) < 4.78 is 0. The highest BCUT2D eigenvalue weighted by molar-refractivity contribution is 4.91. The van der Waals surface area contributed by atoms with Gasteiger partial charge in [-0.2, -0.15) is 0 Å². The van der Waals surface area contributed by atoms with Crippen molar-refractivity contribution in [1.82, 2.24) is 0 Å². The average molecular weight is 477 g/mol. The summed E-state index contributed by atoms with van der Waals surface area (Å²) in [6.45, 7) is 41.0. The van der Waals surface area contributed by atoms with Gasteiger partial charge in [-0.25, -0.2) is 0 Å². The van der Waals surface area contributed by atoms with Crippen molar-refractivity contribution in [3.63, 3.8) is 0 Å². The van der Waals surface area contributed by atoms with Crippen molar-refractivity contribution >= 4 is 0 Å². The number of hydrogen-bond donors (Lipinski definition) is 0. The third-order valence-corrected chi connectivity index (χ3v) is 13.5. The Bertz CT molecular complexity index is 575. The zero-order valence-corrected chi connectivity index (χ0v) is 26.7. The Hall–Kier alpha value is 0. The third kappa shape index (κ3) is 7.28. The minimum Gasteiger partial charge on any atom is -0.0623 e. The molecule has 0 spiro atoms. The Kier molecular flexibility index (Phi) is 12.2. The van der Waals surface area contributed by atoms with E-state index in [4.69, 9.17) is 0 Å². The lowest BCUT2D eigenvalue weighted by Gasteiger charge is -2.48. The molecule has 34 heavy (non-hydrogen) atoms. The second-order valence-electron chi connectivity index (χ2n) is 15.0. The van der Waals surface area contributed by atoms with Crippen LogP contribution in [-0.4, -0.2) is 0 Å². The van der Waals surface area contributed by atoms with E-state index in [0.717, 1.165) is 82.9 Å². The SMILES string of the molecule is CC1CCC(C)C(C)C(C)C(C)C(C)C(C)(C)C(C)C(C)C(C)C(C)C(C)C(C)C(C)CC1C. The van der Waals surface area contributed by atoms with Gasteiger partial charge in [0.1, 0.15) is 0 Å². The molecule has 0 amide bonds. The second-order valence-corrected chi connectivity index (χ2v) is 15.0. The Morgan fingerprint density at radius 1 is 0.353 bits per heavy atom. The van der Waals surface area contributed by atoms with E-state index in [0.29, 0.717) is 5.41 Å². The van der Waals surface area contributed by atoms with Gasteiger partial charge in [-0.3, -0.25) is 0 Å². The monoisotopic (exact) mass is 477 g/mol. The molecule has 14 unspecified atom stereocenters. The summed E-state index contributed by atoms with van der Waals surface area (Å²) in [6.07, 6.45) is 4.18. The van der Waals surface area contributed by atoms with Crippen LogP contribution < -0.4 is 0 Å². The molecule has 0 heteroatoms. The van der Waals surface area contributed by atoms with E-state index in [9.17, 15) is 0 Å². The summed E-state index contributed by atoms with van der Waals surface area (Å²) in [7, 11) is 0. The van der Waals surface area contributed by atoms with Gasteiger partial charge in [-0.1, -0.05) is 124 Å². The first-order chi connectivity index (χ1) is 15.5. The van der Waals surface area contributed by atoms with Crippen LogP contribution in [0.5, 0.6) is 0 Å². The maximum atomic E-state index is 2.59. The van der Waals surface area contributed by atoms with Gasteiger partial charge < -0.3 is 0 Å². The van der Waals surface area contributed by atoms with Crippen molar-refractivity contribution in [2.45, 2.75) is 130 Å². The number of rotatable bonds is 0. The smallest absolute Gasteiger partial charge is 0.0298 e. The van der Waals surface area contributed by atoms with Gasteiger partial charge in [0.05, 0.1) is 0 Å². The molecule has 0 nitrogen and oxygen atoms in total. The zero-order chi connectivity index (χ0) is 26.7. The van der Waals surface area contributed by atoms with Crippen molar-refractivity contribution in [3.8, 4) is 0 Å². The van der Waals surface area contributed by atoms with E-state index in [2.05, 4.69) is 111 Å². The highest BCUT2D eigenvalue weighted by Crippen LogP contribution is 2.49. The van der Waals surface area contributed by atoms with Crippen LogP contribution in [0.25, 0.3) is 0 Å². The van der Waals surface area contributed by atoms with Crippen LogP contribution in [-0.2, 0) is 0 Å². The van der Waals surface area contributed by atoms with Gasteiger partial charge >= 0.3 is 0 Å². The maximum absolute atomic E-state index is 2.59. The van der Waals surface area contributed by atoms with E-state index in [1.54, 1.807) is 0 Å². The highest BCUT2D eigenvalue weighted by Gasteiger charge is 2.42. The van der Waals surface area contributed by atoms with Crippen LogP contribution in [0, 0.1) is 88.3 Å². The predicted octanol–water partition coefficient (Wildman–Crippen LogP) is 11.1. The van der Waals surface area contributed by atoms with Gasteiger partial charge in [0.2, 0.25) is 0 Å². The number of hydrogen-bond acceptors (Lipinski definition) is 0. The molecule has 0 aromatic rings. The Labute approximate surface area is 218 Å². The third-order valence-electron chi connectivity index (χ3n) is 13.5. The van der Waals surface area contributed by atoms with Crippen molar-refractivity contribution in [1.29, 1.82) is 0 Å². The van der Waals surface area contributed by atoms with Crippen molar-refractivity contribution < 1.29 is 0 Å². The molecule has 0 saturated heterocycles. The lowest BCUT2D eigenvalue weighted by Crippen LogP contribution is -2.42. The molecule has 1 aliphatic rings. The van der Waals surface area contributed by atoms with Crippen LogP contribution in [0.15, 0.2) is 0 Å². The summed E-state index contributed by atoms with van der Waals surface area (Å²) >= 11 is 0. The Morgan fingerprint density at radius 3 is 1.15 bits per heavy atom. The van der Waals surface area contributed by atoms with Gasteiger partial charge in [0.25, 0.3) is 0 Å². The van der Waals surface area contributed by atoms with Crippen LogP contribution in [0.1, 0.15) is 130 Å². The molecular weight excluding hydrogens is 408 g/mol. The van der Waals surface area contributed by atoms with Crippen LogP contribution in [0.2, 0.25) is 0 Å². The summed E-state index contributed by atoms with van der Waals surface area (Å²) in [5, 5.41) is 0. The minimum absolute atomic E-state index is 0.349. The van der Waals surface area contributed by atoms with Crippen molar-refractivity contribution in [3.05, 3.63) is 0 Å². The Balaban J connectivity index is 3.32. The zero-order valence-electron chi connectivity index (χ0n) is 26.7. The van der Waals surface area contributed by atoms with E-state index in [1.165, 1.54) is 19.3 Å². The van der Waals surface area contributed by atoms with Gasteiger partial charge in [-0.15, -0.1) is 0 Å². The fraction of sp³-hybridized carbons (Fsp3) is 1.00. The van der Waals surface area contributed by atoms with E-state index < -0.39 is 0 Å². The standard InChI is InChI=1S/C34H68/c1-20-17-18-21(2)24(5)27(8)30(11)32(13)34(15,16)33(14)31(12)29(10)28(9)26(7)25(6)23(4)19-22(20)3/h20-33H,17-19H2,1-16H3. The summed E-state index contributed by atoms with van der Waals surface area (Å²) in [5.41, 5.74) is 0.349. The van der Waals surface area contributed by atoms with Crippen LogP contribution in [0.4, 0.5) is 0 Å². The van der Waals surface area contributed by atoms with E-state index in [-0.39, 0.29) is 0 Å². The molecular formula is C34H68. The molecule has 0 heterocycles. The first kappa shape index (κ1) is 32.0. The summed E-state index contributed by atoms with van der Waals surface area (Å²) in [6, 6.07) is 0. The summed E-state index contributed by atoms with van der Waals surface area (Å²) in [5.74, 6) is 10.9. The molecule has 1 fully saturated rings.